The summed E-state index contributed by atoms with van der Waals surface area (Å²) in [6.45, 7) is 9.32. The minimum absolute atomic E-state index is 0.672. The van der Waals surface area contributed by atoms with Gasteiger partial charge in [0.1, 0.15) is 0 Å². The predicted molar refractivity (Wildman–Crippen MR) is 72.2 cm³/mol. The molecule has 16 heavy (non-hydrogen) atoms. The van der Waals surface area contributed by atoms with Crippen LogP contribution in [-0.2, 0) is 4.74 Å². The molecule has 0 aromatic heterocycles. The molecule has 0 bridgehead atoms. The summed E-state index contributed by atoms with van der Waals surface area (Å²) >= 11 is 0. The van der Waals surface area contributed by atoms with Gasteiger partial charge in [-0.3, -0.25) is 0 Å². The molecule has 1 atom stereocenters. The quantitative estimate of drug-likeness (QED) is 0.566. The van der Waals surface area contributed by atoms with E-state index in [2.05, 4.69) is 25.4 Å². The first-order valence-corrected chi connectivity index (χ1v) is 10.6. The van der Waals surface area contributed by atoms with E-state index in [1.165, 1.54) is 38.1 Å². The Kier molecular flexibility index (Phi) is 6.01. The molecular formula is C13H30NOSi+. The van der Waals surface area contributed by atoms with E-state index >= 15 is 0 Å². The van der Waals surface area contributed by atoms with E-state index in [1.54, 1.807) is 0 Å². The summed E-state index contributed by atoms with van der Waals surface area (Å²) < 4.78 is 5.40. The van der Waals surface area contributed by atoms with Crippen LogP contribution in [0, 0.1) is 5.92 Å². The largest absolute Gasteiger partial charge is 0.381 e. The highest BCUT2D eigenvalue weighted by Gasteiger charge is 2.23. The van der Waals surface area contributed by atoms with E-state index in [9.17, 15) is 0 Å². The van der Waals surface area contributed by atoms with Crippen LogP contribution in [0.15, 0.2) is 0 Å². The Morgan fingerprint density at radius 3 is 2.38 bits per heavy atom. The van der Waals surface area contributed by atoms with Gasteiger partial charge in [-0.25, -0.2) is 0 Å². The third-order valence-corrected chi connectivity index (χ3v) is 5.54. The molecule has 1 heterocycles. The molecule has 0 aliphatic carbocycles. The van der Waals surface area contributed by atoms with Gasteiger partial charge < -0.3 is 10.5 Å². The van der Waals surface area contributed by atoms with Crippen molar-refractivity contribution in [1.29, 1.82) is 0 Å². The molecular weight excluding hydrogens is 214 g/mol. The molecule has 3 heteroatoms. The molecule has 0 aromatic carbocycles. The van der Waals surface area contributed by atoms with Crippen LogP contribution < -0.4 is 5.73 Å². The van der Waals surface area contributed by atoms with Crippen LogP contribution in [0.2, 0.25) is 25.7 Å². The molecule has 0 saturated carbocycles. The predicted octanol–water partition coefficient (Wildman–Crippen LogP) is 2.53. The number of hydrogen-bond acceptors (Lipinski definition) is 1. The summed E-state index contributed by atoms with van der Waals surface area (Å²) in [5.41, 5.74) is 4.35. The molecule has 1 fully saturated rings. The summed E-state index contributed by atoms with van der Waals surface area (Å²) in [5.74, 6) is 0.834. The van der Waals surface area contributed by atoms with Crippen molar-refractivity contribution in [3.63, 3.8) is 0 Å². The molecule has 1 rings (SSSR count). The van der Waals surface area contributed by atoms with Crippen LogP contribution in [0.3, 0.4) is 0 Å². The van der Waals surface area contributed by atoms with Crippen molar-refractivity contribution in [3.05, 3.63) is 0 Å². The van der Waals surface area contributed by atoms with Crippen molar-refractivity contribution in [2.24, 2.45) is 5.92 Å². The molecule has 1 saturated heterocycles. The summed E-state index contributed by atoms with van der Waals surface area (Å²) in [6.07, 6.45) is 6.61. The van der Waals surface area contributed by atoms with Gasteiger partial charge in [-0.15, -0.1) is 0 Å². The third kappa shape index (κ3) is 6.02. The molecule has 1 unspecified atom stereocenters. The highest BCUT2D eigenvalue weighted by Crippen LogP contribution is 2.21. The van der Waals surface area contributed by atoms with Gasteiger partial charge in [0.05, 0.1) is 6.04 Å². The summed E-state index contributed by atoms with van der Waals surface area (Å²) in [6, 6.07) is 2.15. The van der Waals surface area contributed by atoms with E-state index in [1.807, 2.05) is 0 Å². The summed E-state index contributed by atoms with van der Waals surface area (Å²) in [4.78, 5) is 0. The molecule has 0 aromatic rings. The van der Waals surface area contributed by atoms with E-state index < -0.39 is 8.07 Å². The second-order valence-electron chi connectivity index (χ2n) is 6.52. The van der Waals surface area contributed by atoms with E-state index in [0.717, 1.165) is 19.1 Å². The lowest BCUT2D eigenvalue weighted by Crippen LogP contribution is -2.64. The fourth-order valence-electron chi connectivity index (χ4n) is 2.48. The Hall–Kier alpha value is 0.137. The first kappa shape index (κ1) is 14.2. The van der Waals surface area contributed by atoms with E-state index in [-0.39, 0.29) is 0 Å². The van der Waals surface area contributed by atoms with Gasteiger partial charge in [0, 0.05) is 27.2 Å². The lowest BCUT2D eigenvalue weighted by molar-refractivity contribution is -0.437. The molecule has 3 N–H and O–H groups in total. The highest BCUT2D eigenvalue weighted by molar-refractivity contribution is 6.76. The second kappa shape index (κ2) is 6.77. The SMILES string of the molecule is C[Si](C)(C)CCCCC([NH3+])C1CCOCC1. The van der Waals surface area contributed by atoms with Gasteiger partial charge >= 0.3 is 0 Å². The van der Waals surface area contributed by atoms with Crippen molar-refractivity contribution < 1.29 is 10.5 Å². The number of quaternary nitrogens is 1. The Bertz CT molecular complexity index is 185. The Labute approximate surface area is 102 Å². The van der Waals surface area contributed by atoms with Crippen LogP contribution in [0.25, 0.3) is 0 Å². The third-order valence-electron chi connectivity index (χ3n) is 3.68. The van der Waals surface area contributed by atoms with Gasteiger partial charge in [0.25, 0.3) is 0 Å². The Balaban J connectivity index is 2.07. The summed E-state index contributed by atoms with van der Waals surface area (Å²) in [5, 5.41) is 0. The zero-order valence-electron chi connectivity index (χ0n) is 11.4. The molecule has 0 radical (unpaired) electrons. The fourth-order valence-corrected chi connectivity index (χ4v) is 3.80. The maximum absolute atomic E-state index is 5.40. The maximum atomic E-state index is 5.40. The van der Waals surface area contributed by atoms with Gasteiger partial charge in [-0.05, 0) is 25.7 Å². The lowest BCUT2D eigenvalue weighted by Gasteiger charge is -2.25. The van der Waals surface area contributed by atoms with Gasteiger partial charge in [-0.2, -0.15) is 0 Å². The van der Waals surface area contributed by atoms with E-state index in [4.69, 9.17) is 4.74 Å². The van der Waals surface area contributed by atoms with Crippen molar-refractivity contribution in [2.45, 2.75) is 63.8 Å². The number of unbranched alkanes of at least 4 members (excludes halogenated alkanes) is 1. The highest BCUT2D eigenvalue weighted by atomic mass is 28.3. The van der Waals surface area contributed by atoms with Crippen LogP contribution in [0.5, 0.6) is 0 Å². The molecule has 0 amide bonds. The van der Waals surface area contributed by atoms with Gasteiger partial charge in [0.2, 0.25) is 0 Å². The monoisotopic (exact) mass is 244 g/mol. The van der Waals surface area contributed by atoms with Crippen molar-refractivity contribution in [1.82, 2.24) is 0 Å². The standard InChI is InChI=1S/C13H29NOSi/c1-16(2,3)11-5-4-6-13(14)12-7-9-15-10-8-12/h12-13H,4-11,14H2,1-3H3/p+1. The second-order valence-corrected chi connectivity index (χ2v) is 12.1. The van der Waals surface area contributed by atoms with Crippen molar-refractivity contribution >= 4 is 8.07 Å². The number of hydrogen-bond donors (Lipinski definition) is 1. The average molecular weight is 244 g/mol. The summed E-state index contributed by atoms with van der Waals surface area (Å²) in [7, 11) is -0.809. The topological polar surface area (TPSA) is 36.9 Å². The van der Waals surface area contributed by atoms with Crippen molar-refractivity contribution in [3.8, 4) is 0 Å². The van der Waals surface area contributed by atoms with Crippen LogP contribution in [-0.4, -0.2) is 27.3 Å². The van der Waals surface area contributed by atoms with Crippen LogP contribution in [0.4, 0.5) is 0 Å². The average Bonchev–Trinajstić information content (AvgIpc) is 2.24. The van der Waals surface area contributed by atoms with E-state index in [0.29, 0.717) is 6.04 Å². The number of rotatable bonds is 6. The molecule has 1 aliphatic rings. The smallest absolute Gasteiger partial charge is 0.0873 e. The first-order valence-electron chi connectivity index (χ1n) is 6.90. The molecule has 0 spiro atoms. The van der Waals surface area contributed by atoms with Gasteiger partial charge in [-0.1, -0.05) is 32.1 Å². The van der Waals surface area contributed by atoms with Crippen molar-refractivity contribution in [2.75, 3.05) is 13.2 Å². The van der Waals surface area contributed by atoms with Crippen LogP contribution >= 0.6 is 0 Å². The minimum atomic E-state index is -0.809. The maximum Gasteiger partial charge on any atom is 0.0873 e. The molecule has 96 valence electrons. The molecule has 1 aliphatic heterocycles. The zero-order chi connectivity index (χ0) is 12.0. The first-order chi connectivity index (χ1) is 7.49. The minimum Gasteiger partial charge on any atom is -0.381 e. The number of ether oxygens (including phenoxy) is 1. The Morgan fingerprint density at radius 1 is 1.19 bits per heavy atom. The molecule has 2 nitrogen and oxygen atoms in total. The Morgan fingerprint density at radius 2 is 1.81 bits per heavy atom. The lowest BCUT2D eigenvalue weighted by atomic mass is 9.89. The van der Waals surface area contributed by atoms with Crippen LogP contribution in [0.1, 0.15) is 32.1 Å². The fraction of sp³-hybridized carbons (Fsp3) is 1.00. The normalized spacial score (nSPS) is 21.0. The van der Waals surface area contributed by atoms with Gasteiger partial charge in [0.15, 0.2) is 0 Å². The zero-order valence-corrected chi connectivity index (χ0v) is 12.4.